The highest BCUT2D eigenvalue weighted by molar-refractivity contribution is 5.77. The molecule has 1 heterocycles. The lowest BCUT2D eigenvalue weighted by molar-refractivity contribution is -0.167. The number of carbonyl (C=O) groups is 3. The Labute approximate surface area is 189 Å². The van der Waals surface area contributed by atoms with Crippen molar-refractivity contribution >= 4 is 17.9 Å². The summed E-state index contributed by atoms with van der Waals surface area (Å²) in [7, 11) is 0. The molecular formula is C25H36O7. The molecule has 1 saturated heterocycles. The van der Waals surface area contributed by atoms with Crippen molar-refractivity contribution in [3.05, 3.63) is 23.8 Å². The number of aliphatic carboxylic acids is 1. The van der Waals surface area contributed by atoms with Gasteiger partial charge in [-0.3, -0.25) is 14.4 Å². The molecule has 0 bridgehead atoms. The number of carbonyl (C=O) groups excluding carboxylic acids is 2. The molecule has 7 heteroatoms. The molecule has 0 aromatic carbocycles. The minimum Gasteiger partial charge on any atom is -0.481 e. The number of esters is 2. The van der Waals surface area contributed by atoms with Crippen molar-refractivity contribution in [2.75, 3.05) is 0 Å². The molecule has 1 aliphatic heterocycles. The molecule has 0 radical (unpaired) electrons. The van der Waals surface area contributed by atoms with E-state index >= 15 is 0 Å². The van der Waals surface area contributed by atoms with Crippen LogP contribution in [0.15, 0.2) is 23.8 Å². The highest BCUT2D eigenvalue weighted by Gasteiger charge is 2.45. The maximum Gasteiger partial charge on any atom is 0.311 e. The average Bonchev–Trinajstić information content (AvgIpc) is 2.72. The molecule has 0 spiro atoms. The number of allylic oxidation sites excluding steroid dienone is 2. The van der Waals surface area contributed by atoms with E-state index in [1.807, 2.05) is 26.8 Å². The largest absolute Gasteiger partial charge is 0.481 e. The minimum atomic E-state index is -0.918. The van der Waals surface area contributed by atoms with E-state index in [1.54, 1.807) is 6.08 Å². The summed E-state index contributed by atoms with van der Waals surface area (Å²) in [6, 6.07) is 0. The number of hydrogen-bond donors (Lipinski definition) is 2. The molecule has 0 aromatic heterocycles. The molecule has 1 fully saturated rings. The van der Waals surface area contributed by atoms with Crippen molar-refractivity contribution in [2.45, 2.75) is 84.5 Å². The van der Waals surface area contributed by atoms with Gasteiger partial charge in [0.1, 0.15) is 12.2 Å². The van der Waals surface area contributed by atoms with E-state index in [9.17, 15) is 24.6 Å². The summed E-state index contributed by atoms with van der Waals surface area (Å²) < 4.78 is 11.4. The Morgan fingerprint density at radius 2 is 1.97 bits per heavy atom. The molecule has 3 rings (SSSR count). The second-order valence-electron chi connectivity index (χ2n) is 10.2. The summed E-state index contributed by atoms with van der Waals surface area (Å²) in [6.07, 6.45) is 7.01. The predicted molar refractivity (Wildman–Crippen MR) is 117 cm³/mol. The first kappa shape index (κ1) is 24.5. The van der Waals surface area contributed by atoms with Crippen molar-refractivity contribution in [2.24, 2.45) is 29.1 Å². The van der Waals surface area contributed by atoms with Crippen LogP contribution in [0.1, 0.15) is 66.2 Å². The third kappa shape index (κ3) is 5.42. The van der Waals surface area contributed by atoms with Gasteiger partial charge in [0.25, 0.3) is 0 Å². The van der Waals surface area contributed by atoms with Crippen molar-refractivity contribution in [1.29, 1.82) is 0 Å². The van der Waals surface area contributed by atoms with Crippen LogP contribution in [0.4, 0.5) is 0 Å². The number of hydrogen-bond acceptors (Lipinski definition) is 6. The lowest BCUT2D eigenvalue weighted by Crippen LogP contribution is -2.44. The van der Waals surface area contributed by atoms with Gasteiger partial charge in [-0.25, -0.2) is 0 Å². The first-order valence-corrected chi connectivity index (χ1v) is 11.7. The summed E-state index contributed by atoms with van der Waals surface area (Å²) in [4.78, 5) is 36.4. The molecule has 7 nitrogen and oxygen atoms in total. The molecule has 2 aliphatic carbocycles. The van der Waals surface area contributed by atoms with E-state index in [1.165, 1.54) is 0 Å². The van der Waals surface area contributed by atoms with Crippen LogP contribution in [0.25, 0.3) is 0 Å². The van der Waals surface area contributed by atoms with Crippen molar-refractivity contribution in [3.8, 4) is 0 Å². The van der Waals surface area contributed by atoms with Crippen LogP contribution in [-0.4, -0.2) is 46.4 Å². The van der Waals surface area contributed by atoms with Crippen LogP contribution in [0.3, 0.4) is 0 Å². The SMILES string of the molecule is CCC(C)(C)C(=O)O[C@@H]1C[C@H](C(=O)O)C=C2C=C[C@H](C)[C@H](CC[C@@H]3C[C@@H](O)CC(=O)O3)[C@H]21. The molecule has 2 N–H and O–H groups in total. The van der Waals surface area contributed by atoms with E-state index in [-0.39, 0.29) is 48.6 Å². The number of rotatable bonds is 7. The average molecular weight is 449 g/mol. The number of cyclic esters (lactones) is 1. The third-order valence-corrected chi connectivity index (χ3v) is 7.46. The standard InChI is InChI=1S/C25H36O7/c1-5-25(3,4)24(30)32-20-11-16(23(28)29)10-15-7-6-14(2)19(22(15)20)9-8-18-12-17(26)13-21(27)31-18/h6-7,10,14,16-20,22,26H,5,8-9,11-13H2,1-4H3,(H,28,29)/t14-,16+,17+,18+,19-,20+,22-/m0/s1. The Hall–Kier alpha value is -2.15. The van der Waals surface area contributed by atoms with Crippen LogP contribution >= 0.6 is 0 Å². The number of carboxylic acids is 1. The van der Waals surface area contributed by atoms with Gasteiger partial charge in [0, 0.05) is 18.8 Å². The minimum absolute atomic E-state index is 0.0381. The summed E-state index contributed by atoms with van der Waals surface area (Å²) in [6.45, 7) is 7.72. The molecule has 0 aromatic rings. The van der Waals surface area contributed by atoms with Crippen molar-refractivity contribution < 1.29 is 34.1 Å². The molecule has 0 saturated carbocycles. The smallest absolute Gasteiger partial charge is 0.311 e. The summed E-state index contributed by atoms with van der Waals surface area (Å²) in [5.74, 6) is -2.09. The maximum atomic E-state index is 12.9. The van der Waals surface area contributed by atoms with Gasteiger partial charge >= 0.3 is 17.9 Å². The van der Waals surface area contributed by atoms with Gasteiger partial charge in [-0.15, -0.1) is 0 Å². The zero-order chi connectivity index (χ0) is 23.6. The van der Waals surface area contributed by atoms with Crippen LogP contribution in [0.2, 0.25) is 0 Å². The van der Waals surface area contributed by atoms with Crippen molar-refractivity contribution in [1.82, 2.24) is 0 Å². The maximum absolute atomic E-state index is 12.9. The van der Waals surface area contributed by atoms with E-state index in [0.717, 1.165) is 12.0 Å². The molecular weight excluding hydrogens is 412 g/mol. The summed E-state index contributed by atoms with van der Waals surface area (Å²) in [5.41, 5.74) is 0.262. The highest BCUT2D eigenvalue weighted by atomic mass is 16.6. The summed E-state index contributed by atoms with van der Waals surface area (Å²) in [5, 5.41) is 19.6. The van der Waals surface area contributed by atoms with Crippen LogP contribution < -0.4 is 0 Å². The predicted octanol–water partition coefficient (Wildman–Crippen LogP) is 3.65. The fraction of sp³-hybridized carbons (Fsp3) is 0.720. The van der Waals surface area contributed by atoms with Gasteiger partial charge in [0.2, 0.25) is 0 Å². The third-order valence-electron chi connectivity index (χ3n) is 7.46. The van der Waals surface area contributed by atoms with E-state index in [2.05, 4.69) is 13.0 Å². The second kappa shape index (κ2) is 9.77. The second-order valence-corrected chi connectivity index (χ2v) is 10.2. The molecule has 0 amide bonds. The fourth-order valence-corrected chi connectivity index (χ4v) is 5.04. The highest BCUT2D eigenvalue weighted by Crippen LogP contribution is 2.45. The Balaban J connectivity index is 1.82. The van der Waals surface area contributed by atoms with Gasteiger partial charge in [0.15, 0.2) is 0 Å². The van der Waals surface area contributed by atoms with Crippen LogP contribution in [0.5, 0.6) is 0 Å². The first-order chi connectivity index (χ1) is 15.0. The van der Waals surface area contributed by atoms with Crippen LogP contribution in [0, 0.1) is 29.1 Å². The van der Waals surface area contributed by atoms with E-state index < -0.39 is 29.5 Å². The zero-order valence-electron chi connectivity index (χ0n) is 19.5. The molecule has 3 aliphatic rings. The Kier molecular flexibility index (Phi) is 7.48. The molecule has 32 heavy (non-hydrogen) atoms. The van der Waals surface area contributed by atoms with Crippen LogP contribution in [-0.2, 0) is 23.9 Å². The van der Waals surface area contributed by atoms with Crippen molar-refractivity contribution in [3.63, 3.8) is 0 Å². The van der Waals surface area contributed by atoms with Gasteiger partial charge < -0.3 is 19.7 Å². The Morgan fingerprint density at radius 3 is 2.59 bits per heavy atom. The Bertz CT molecular complexity index is 796. The van der Waals surface area contributed by atoms with E-state index in [4.69, 9.17) is 9.47 Å². The number of aliphatic hydroxyl groups is 1. The van der Waals surface area contributed by atoms with Gasteiger partial charge in [-0.05, 0) is 50.5 Å². The fourth-order valence-electron chi connectivity index (χ4n) is 5.04. The number of ether oxygens (including phenoxy) is 2. The van der Waals surface area contributed by atoms with Gasteiger partial charge in [-0.1, -0.05) is 32.1 Å². The number of fused-ring (bicyclic) bond motifs is 1. The lowest BCUT2D eigenvalue weighted by atomic mass is 9.65. The topological polar surface area (TPSA) is 110 Å². The molecule has 178 valence electrons. The molecule has 7 atom stereocenters. The van der Waals surface area contributed by atoms with Gasteiger partial charge in [0.05, 0.1) is 23.9 Å². The quantitative estimate of drug-likeness (QED) is 0.572. The first-order valence-electron chi connectivity index (χ1n) is 11.7. The van der Waals surface area contributed by atoms with E-state index in [0.29, 0.717) is 19.3 Å². The normalized spacial score (nSPS) is 34.8. The summed E-state index contributed by atoms with van der Waals surface area (Å²) >= 11 is 0. The van der Waals surface area contributed by atoms with Gasteiger partial charge in [-0.2, -0.15) is 0 Å². The number of aliphatic hydroxyl groups excluding tert-OH is 1. The monoisotopic (exact) mass is 448 g/mol. The number of carboxylic acid groups (broad SMARTS) is 1. The molecule has 0 unspecified atom stereocenters. The zero-order valence-corrected chi connectivity index (χ0v) is 19.5. The Morgan fingerprint density at radius 1 is 1.25 bits per heavy atom. The lowest BCUT2D eigenvalue weighted by Gasteiger charge is -2.44.